The van der Waals surface area contributed by atoms with Crippen LogP contribution in [0.4, 0.5) is 0 Å². The molecule has 0 saturated carbocycles. The Labute approximate surface area is 85.2 Å². The first kappa shape index (κ1) is 9.45. The second-order valence-electron chi connectivity index (χ2n) is 3.08. The van der Waals surface area contributed by atoms with Crippen molar-refractivity contribution in [2.45, 2.75) is 6.92 Å². The SMILES string of the molecule is Cc1nc(-c2ccnn2C)oc1C(=O)O. The molecule has 0 aliphatic rings. The Hall–Kier alpha value is -2.11. The molecule has 0 aliphatic heterocycles. The summed E-state index contributed by atoms with van der Waals surface area (Å²) in [5.74, 6) is -0.982. The van der Waals surface area contributed by atoms with Crippen molar-refractivity contribution in [3.8, 4) is 11.6 Å². The number of carbonyl (C=O) groups is 1. The molecule has 0 aromatic carbocycles. The maximum absolute atomic E-state index is 10.7. The lowest BCUT2D eigenvalue weighted by molar-refractivity contribution is 0.0662. The van der Waals surface area contributed by atoms with Gasteiger partial charge in [-0.15, -0.1) is 0 Å². The van der Waals surface area contributed by atoms with E-state index >= 15 is 0 Å². The quantitative estimate of drug-likeness (QED) is 0.796. The number of oxazole rings is 1. The maximum Gasteiger partial charge on any atom is 0.373 e. The Bertz CT molecular complexity index is 512. The highest BCUT2D eigenvalue weighted by Gasteiger charge is 2.18. The van der Waals surface area contributed by atoms with Crippen LogP contribution in [0.5, 0.6) is 0 Å². The summed E-state index contributed by atoms with van der Waals surface area (Å²) in [6.07, 6.45) is 1.59. The summed E-state index contributed by atoms with van der Waals surface area (Å²) in [4.78, 5) is 14.8. The van der Waals surface area contributed by atoms with Crippen LogP contribution in [-0.2, 0) is 7.05 Å². The fraction of sp³-hybridized carbons (Fsp3) is 0.222. The van der Waals surface area contributed by atoms with Crippen molar-refractivity contribution in [3.05, 3.63) is 23.7 Å². The third-order valence-corrected chi connectivity index (χ3v) is 2.03. The normalized spacial score (nSPS) is 10.5. The number of aryl methyl sites for hydroxylation is 2. The van der Waals surface area contributed by atoms with Crippen molar-refractivity contribution < 1.29 is 14.3 Å². The number of carboxylic acids is 1. The average molecular weight is 207 g/mol. The van der Waals surface area contributed by atoms with Gasteiger partial charge in [0.15, 0.2) is 0 Å². The van der Waals surface area contributed by atoms with E-state index in [1.165, 1.54) is 0 Å². The summed E-state index contributed by atoms with van der Waals surface area (Å²) in [7, 11) is 1.73. The van der Waals surface area contributed by atoms with E-state index in [-0.39, 0.29) is 11.7 Å². The smallest absolute Gasteiger partial charge is 0.373 e. The second-order valence-corrected chi connectivity index (χ2v) is 3.08. The van der Waals surface area contributed by atoms with E-state index in [1.54, 1.807) is 30.9 Å². The van der Waals surface area contributed by atoms with Crippen LogP contribution in [0.2, 0.25) is 0 Å². The first-order valence-corrected chi connectivity index (χ1v) is 4.28. The lowest BCUT2D eigenvalue weighted by Crippen LogP contribution is -1.95. The molecule has 2 heterocycles. The van der Waals surface area contributed by atoms with Gasteiger partial charge in [-0.1, -0.05) is 0 Å². The highest BCUT2D eigenvalue weighted by Crippen LogP contribution is 2.20. The number of carboxylic acid groups (broad SMARTS) is 1. The monoisotopic (exact) mass is 207 g/mol. The Morgan fingerprint density at radius 1 is 1.60 bits per heavy atom. The number of hydrogen-bond donors (Lipinski definition) is 1. The molecule has 2 aromatic heterocycles. The van der Waals surface area contributed by atoms with Gasteiger partial charge in [0.2, 0.25) is 11.7 Å². The predicted molar refractivity (Wildman–Crippen MR) is 50.4 cm³/mol. The summed E-state index contributed by atoms with van der Waals surface area (Å²) in [6, 6.07) is 1.71. The third kappa shape index (κ3) is 1.50. The zero-order valence-corrected chi connectivity index (χ0v) is 8.26. The maximum atomic E-state index is 10.7. The number of aromatic nitrogens is 3. The molecule has 0 amide bonds. The molecule has 0 spiro atoms. The van der Waals surface area contributed by atoms with Crippen LogP contribution in [0.3, 0.4) is 0 Å². The summed E-state index contributed by atoms with van der Waals surface area (Å²) in [5, 5.41) is 12.7. The minimum Gasteiger partial charge on any atom is -0.475 e. The number of aromatic carboxylic acids is 1. The summed E-state index contributed by atoms with van der Waals surface area (Å²) in [5.41, 5.74) is 1.00. The molecule has 0 bridgehead atoms. The van der Waals surface area contributed by atoms with Gasteiger partial charge in [0.05, 0.1) is 5.69 Å². The Morgan fingerprint density at radius 3 is 2.80 bits per heavy atom. The van der Waals surface area contributed by atoms with E-state index in [0.717, 1.165) is 0 Å². The molecular formula is C9H9N3O3. The molecule has 0 unspecified atom stereocenters. The van der Waals surface area contributed by atoms with E-state index in [2.05, 4.69) is 10.1 Å². The Balaban J connectivity index is 2.52. The predicted octanol–water partition coefficient (Wildman–Crippen LogP) is 1.08. The molecule has 0 radical (unpaired) electrons. The van der Waals surface area contributed by atoms with Gasteiger partial charge in [-0.05, 0) is 13.0 Å². The van der Waals surface area contributed by atoms with Gasteiger partial charge in [0, 0.05) is 13.2 Å². The van der Waals surface area contributed by atoms with Gasteiger partial charge in [-0.25, -0.2) is 9.78 Å². The molecular weight excluding hydrogens is 198 g/mol. The number of nitrogens with zero attached hydrogens (tertiary/aromatic N) is 3. The van der Waals surface area contributed by atoms with Crippen LogP contribution < -0.4 is 0 Å². The summed E-state index contributed by atoms with van der Waals surface area (Å²) < 4.78 is 6.70. The van der Waals surface area contributed by atoms with Crippen LogP contribution in [0.1, 0.15) is 16.2 Å². The minimum atomic E-state index is -1.12. The lowest BCUT2D eigenvalue weighted by Gasteiger charge is -1.94. The second kappa shape index (κ2) is 3.23. The summed E-state index contributed by atoms with van der Waals surface area (Å²) in [6.45, 7) is 1.59. The largest absolute Gasteiger partial charge is 0.475 e. The van der Waals surface area contributed by atoms with Crippen molar-refractivity contribution in [1.82, 2.24) is 14.8 Å². The first-order chi connectivity index (χ1) is 7.09. The molecule has 1 N–H and O–H groups in total. The molecule has 0 aliphatic carbocycles. The average Bonchev–Trinajstić information content (AvgIpc) is 2.71. The lowest BCUT2D eigenvalue weighted by atomic mass is 10.4. The molecule has 2 aromatic rings. The molecule has 78 valence electrons. The third-order valence-electron chi connectivity index (χ3n) is 2.03. The molecule has 0 saturated heterocycles. The van der Waals surface area contributed by atoms with Gasteiger partial charge in [0.25, 0.3) is 0 Å². The van der Waals surface area contributed by atoms with Crippen molar-refractivity contribution in [1.29, 1.82) is 0 Å². The first-order valence-electron chi connectivity index (χ1n) is 4.28. The molecule has 6 nitrogen and oxygen atoms in total. The molecule has 2 rings (SSSR count). The Morgan fingerprint density at radius 2 is 2.33 bits per heavy atom. The highest BCUT2D eigenvalue weighted by atomic mass is 16.4. The van der Waals surface area contributed by atoms with Crippen molar-refractivity contribution in [2.24, 2.45) is 7.05 Å². The minimum absolute atomic E-state index is 0.133. The Kier molecular flexibility index (Phi) is 2.03. The fourth-order valence-corrected chi connectivity index (χ4v) is 1.29. The molecule has 0 fully saturated rings. The van der Waals surface area contributed by atoms with Crippen LogP contribution in [0.15, 0.2) is 16.7 Å². The van der Waals surface area contributed by atoms with Gasteiger partial charge in [-0.2, -0.15) is 5.10 Å². The van der Waals surface area contributed by atoms with Gasteiger partial charge < -0.3 is 9.52 Å². The van der Waals surface area contributed by atoms with Crippen LogP contribution in [0.25, 0.3) is 11.6 Å². The molecule has 0 atom stereocenters. The van der Waals surface area contributed by atoms with E-state index in [0.29, 0.717) is 11.4 Å². The van der Waals surface area contributed by atoms with E-state index in [9.17, 15) is 4.79 Å². The zero-order chi connectivity index (χ0) is 11.0. The van der Waals surface area contributed by atoms with Gasteiger partial charge in [-0.3, -0.25) is 4.68 Å². The molecule has 15 heavy (non-hydrogen) atoms. The van der Waals surface area contributed by atoms with Crippen molar-refractivity contribution in [2.75, 3.05) is 0 Å². The summed E-state index contributed by atoms with van der Waals surface area (Å²) >= 11 is 0. The number of hydrogen-bond acceptors (Lipinski definition) is 4. The molecule has 6 heteroatoms. The van der Waals surface area contributed by atoms with E-state index in [4.69, 9.17) is 9.52 Å². The topological polar surface area (TPSA) is 81.2 Å². The van der Waals surface area contributed by atoms with E-state index < -0.39 is 5.97 Å². The standard InChI is InChI=1S/C9H9N3O3/c1-5-7(9(13)14)15-8(11-5)6-3-4-10-12(6)2/h3-4H,1-2H3,(H,13,14). The van der Waals surface area contributed by atoms with Crippen molar-refractivity contribution >= 4 is 5.97 Å². The van der Waals surface area contributed by atoms with Gasteiger partial charge >= 0.3 is 5.97 Å². The van der Waals surface area contributed by atoms with E-state index in [1.807, 2.05) is 0 Å². The van der Waals surface area contributed by atoms with Gasteiger partial charge in [0.1, 0.15) is 5.69 Å². The number of rotatable bonds is 2. The highest BCUT2D eigenvalue weighted by molar-refractivity contribution is 5.85. The van der Waals surface area contributed by atoms with Crippen molar-refractivity contribution in [3.63, 3.8) is 0 Å². The fourth-order valence-electron chi connectivity index (χ4n) is 1.29. The zero-order valence-electron chi connectivity index (χ0n) is 8.26. The van der Waals surface area contributed by atoms with Crippen LogP contribution in [-0.4, -0.2) is 25.8 Å². The van der Waals surface area contributed by atoms with Crippen LogP contribution >= 0.6 is 0 Å². The van der Waals surface area contributed by atoms with Crippen LogP contribution in [0, 0.1) is 6.92 Å².